The van der Waals surface area contributed by atoms with Gasteiger partial charge in [0.2, 0.25) is 0 Å². The summed E-state index contributed by atoms with van der Waals surface area (Å²) in [5.74, 6) is 1.98. The third-order valence-electron chi connectivity index (χ3n) is 5.31. The van der Waals surface area contributed by atoms with E-state index in [4.69, 9.17) is 9.15 Å². The zero-order valence-electron chi connectivity index (χ0n) is 15.3. The van der Waals surface area contributed by atoms with Crippen molar-refractivity contribution in [1.29, 1.82) is 0 Å². The number of likely N-dealkylation sites (tertiary alicyclic amines) is 1. The van der Waals surface area contributed by atoms with Gasteiger partial charge in [-0.2, -0.15) is 0 Å². The number of ether oxygens (including phenoxy) is 1. The quantitative estimate of drug-likeness (QED) is 0.687. The van der Waals surface area contributed by atoms with Gasteiger partial charge >= 0.3 is 0 Å². The van der Waals surface area contributed by atoms with Crippen LogP contribution >= 0.6 is 0 Å². The molecule has 1 saturated heterocycles. The molecule has 4 heteroatoms. The topological polar surface area (TPSA) is 37.6 Å². The van der Waals surface area contributed by atoms with Crippen molar-refractivity contribution in [1.82, 2.24) is 10.2 Å². The lowest BCUT2D eigenvalue weighted by atomic mass is 10.0. The van der Waals surface area contributed by atoms with Gasteiger partial charge in [-0.05, 0) is 54.9 Å². The van der Waals surface area contributed by atoms with Crippen molar-refractivity contribution in [3.63, 3.8) is 0 Å². The Morgan fingerprint density at radius 1 is 1.08 bits per heavy atom. The predicted molar refractivity (Wildman–Crippen MR) is 104 cm³/mol. The van der Waals surface area contributed by atoms with Crippen molar-refractivity contribution in [3.05, 3.63) is 66.1 Å². The van der Waals surface area contributed by atoms with Crippen molar-refractivity contribution in [2.24, 2.45) is 0 Å². The zero-order valence-corrected chi connectivity index (χ0v) is 15.3. The maximum Gasteiger partial charge on any atom is 0.123 e. The molecule has 2 aromatic carbocycles. The summed E-state index contributed by atoms with van der Waals surface area (Å²) in [6, 6.07) is 17.0. The third kappa shape index (κ3) is 3.48. The molecule has 2 heterocycles. The molecular formula is C22H26N2O2. The third-order valence-corrected chi connectivity index (χ3v) is 5.31. The molecule has 0 radical (unpaired) electrons. The number of furan rings is 1. The maximum absolute atomic E-state index is 5.72. The molecule has 1 aliphatic rings. The Labute approximate surface area is 154 Å². The van der Waals surface area contributed by atoms with Gasteiger partial charge in [-0.25, -0.2) is 0 Å². The van der Waals surface area contributed by atoms with Crippen LogP contribution in [0.4, 0.5) is 0 Å². The number of nitrogens with one attached hydrogen (secondary N) is 1. The van der Waals surface area contributed by atoms with Gasteiger partial charge < -0.3 is 14.5 Å². The molecule has 26 heavy (non-hydrogen) atoms. The Hall–Kier alpha value is -2.30. The Bertz CT molecular complexity index is 838. The van der Waals surface area contributed by atoms with Crippen molar-refractivity contribution < 1.29 is 9.15 Å². The van der Waals surface area contributed by atoms with Crippen molar-refractivity contribution >= 4 is 10.8 Å². The van der Waals surface area contributed by atoms with Gasteiger partial charge in [0.25, 0.3) is 0 Å². The molecule has 1 fully saturated rings. The molecule has 4 nitrogen and oxygen atoms in total. The van der Waals surface area contributed by atoms with E-state index in [1.807, 2.05) is 6.07 Å². The maximum atomic E-state index is 5.72. The standard InChI is InChI=1S/C22H26N2O2/c1-25-21-11-10-17-7-2-3-8-18(17)19(21)15-23-16-20(22-9-6-14-26-22)24-12-4-5-13-24/h2-3,6-11,14,20,23H,4-5,12-13,15-16H2,1H3. The monoisotopic (exact) mass is 350 g/mol. The van der Waals surface area contributed by atoms with Gasteiger partial charge in [-0.3, -0.25) is 4.90 Å². The fourth-order valence-corrected chi connectivity index (χ4v) is 3.97. The summed E-state index contributed by atoms with van der Waals surface area (Å²) < 4.78 is 11.3. The second-order valence-corrected chi connectivity index (χ2v) is 6.87. The molecule has 3 aromatic rings. The summed E-state index contributed by atoms with van der Waals surface area (Å²) in [5.41, 5.74) is 1.21. The van der Waals surface area contributed by atoms with E-state index in [1.54, 1.807) is 13.4 Å². The highest BCUT2D eigenvalue weighted by Crippen LogP contribution is 2.29. The first-order chi connectivity index (χ1) is 12.9. The molecule has 0 amide bonds. The highest BCUT2D eigenvalue weighted by Gasteiger charge is 2.25. The SMILES string of the molecule is COc1ccc2ccccc2c1CNCC(c1ccco1)N1CCCC1. The Morgan fingerprint density at radius 3 is 2.69 bits per heavy atom. The molecular weight excluding hydrogens is 324 g/mol. The molecule has 1 unspecified atom stereocenters. The lowest BCUT2D eigenvalue weighted by Gasteiger charge is -2.26. The zero-order chi connectivity index (χ0) is 17.8. The number of fused-ring (bicyclic) bond motifs is 1. The Balaban J connectivity index is 1.52. The molecule has 0 aliphatic carbocycles. The van der Waals surface area contributed by atoms with Crippen molar-refractivity contribution in [3.8, 4) is 5.75 Å². The van der Waals surface area contributed by atoms with E-state index in [-0.39, 0.29) is 6.04 Å². The second-order valence-electron chi connectivity index (χ2n) is 6.87. The largest absolute Gasteiger partial charge is 0.496 e. The molecule has 136 valence electrons. The molecule has 1 aromatic heterocycles. The average molecular weight is 350 g/mol. The minimum atomic E-state index is 0.286. The fourth-order valence-electron chi connectivity index (χ4n) is 3.97. The summed E-state index contributed by atoms with van der Waals surface area (Å²) >= 11 is 0. The van der Waals surface area contributed by atoms with Gasteiger partial charge in [0.05, 0.1) is 19.4 Å². The first-order valence-electron chi connectivity index (χ1n) is 9.39. The minimum Gasteiger partial charge on any atom is -0.496 e. The van der Waals surface area contributed by atoms with Gasteiger partial charge in [0.1, 0.15) is 11.5 Å². The van der Waals surface area contributed by atoms with Gasteiger partial charge in [-0.15, -0.1) is 0 Å². The van der Waals surface area contributed by atoms with Crippen LogP contribution in [0, 0.1) is 0 Å². The van der Waals surface area contributed by atoms with E-state index < -0.39 is 0 Å². The molecule has 1 aliphatic heterocycles. The molecule has 1 N–H and O–H groups in total. The van der Waals surface area contributed by atoms with Crippen LogP contribution in [0.2, 0.25) is 0 Å². The number of hydrogen-bond acceptors (Lipinski definition) is 4. The number of rotatable bonds is 7. The van der Waals surface area contributed by atoms with E-state index in [2.05, 4.69) is 52.7 Å². The lowest BCUT2D eigenvalue weighted by Crippen LogP contribution is -2.33. The van der Waals surface area contributed by atoms with Crippen LogP contribution < -0.4 is 10.1 Å². The normalized spacial score (nSPS) is 16.2. The van der Waals surface area contributed by atoms with Crippen LogP contribution in [-0.2, 0) is 6.54 Å². The Kier molecular flexibility index (Phi) is 5.23. The average Bonchev–Trinajstić information content (AvgIpc) is 3.39. The first-order valence-corrected chi connectivity index (χ1v) is 9.39. The van der Waals surface area contributed by atoms with Crippen LogP contribution in [0.25, 0.3) is 10.8 Å². The number of nitrogens with zero attached hydrogens (tertiary/aromatic N) is 1. The molecule has 4 rings (SSSR count). The van der Waals surface area contributed by atoms with E-state index in [0.29, 0.717) is 0 Å². The van der Waals surface area contributed by atoms with E-state index in [9.17, 15) is 0 Å². The minimum absolute atomic E-state index is 0.286. The molecule has 0 bridgehead atoms. The number of methoxy groups -OCH3 is 1. The summed E-state index contributed by atoms with van der Waals surface area (Å²) in [4.78, 5) is 2.52. The van der Waals surface area contributed by atoms with Crippen LogP contribution in [0.5, 0.6) is 5.75 Å². The van der Waals surface area contributed by atoms with Gasteiger partial charge in [0.15, 0.2) is 0 Å². The summed E-state index contributed by atoms with van der Waals surface area (Å²) in [6.45, 7) is 3.92. The van der Waals surface area contributed by atoms with Crippen LogP contribution in [0.1, 0.15) is 30.2 Å². The smallest absolute Gasteiger partial charge is 0.123 e. The van der Waals surface area contributed by atoms with E-state index in [1.165, 1.54) is 29.2 Å². The van der Waals surface area contributed by atoms with Crippen LogP contribution in [0.15, 0.2) is 59.2 Å². The number of benzene rings is 2. The van der Waals surface area contributed by atoms with E-state index >= 15 is 0 Å². The first kappa shape index (κ1) is 17.1. The van der Waals surface area contributed by atoms with Crippen LogP contribution in [0.3, 0.4) is 0 Å². The van der Waals surface area contributed by atoms with Crippen molar-refractivity contribution in [2.45, 2.75) is 25.4 Å². The van der Waals surface area contributed by atoms with Gasteiger partial charge in [-0.1, -0.05) is 30.3 Å². The highest BCUT2D eigenvalue weighted by molar-refractivity contribution is 5.87. The van der Waals surface area contributed by atoms with Crippen molar-refractivity contribution in [2.75, 3.05) is 26.7 Å². The second kappa shape index (κ2) is 7.94. The fraction of sp³-hybridized carbons (Fsp3) is 0.364. The Morgan fingerprint density at radius 2 is 1.92 bits per heavy atom. The summed E-state index contributed by atoms with van der Waals surface area (Å²) in [7, 11) is 1.74. The highest BCUT2D eigenvalue weighted by atomic mass is 16.5. The molecule has 0 spiro atoms. The summed E-state index contributed by atoms with van der Waals surface area (Å²) in [5, 5.41) is 6.14. The van der Waals surface area contributed by atoms with Gasteiger partial charge in [0, 0.05) is 18.7 Å². The van der Waals surface area contributed by atoms with E-state index in [0.717, 1.165) is 37.7 Å². The van der Waals surface area contributed by atoms with Crippen LogP contribution in [-0.4, -0.2) is 31.6 Å². The molecule has 1 atom stereocenters. The number of hydrogen-bond donors (Lipinski definition) is 1. The lowest BCUT2D eigenvalue weighted by molar-refractivity contribution is 0.209. The summed E-state index contributed by atoms with van der Waals surface area (Å²) in [6.07, 6.45) is 4.31. The molecule has 0 saturated carbocycles. The predicted octanol–water partition coefficient (Wildman–Crippen LogP) is 4.37.